The van der Waals surface area contributed by atoms with Crippen LogP contribution in [0.25, 0.3) is 10.8 Å². The fourth-order valence-electron chi connectivity index (χ4n) is 1.79. The Bertz CT molecular complexity index is 499. The van der Waals surface area contributed by atoms with Crippen molar-refractivity contribution in [1.29, 1.82) is 0 Å². The molecule has 0 spiro atoms. The quantitative estimate of drug-likeness (QED) is 0.803. The maximum atomic E-state index is 5.01. The van der Waals surface area contributed by atoms with Gasteiger partial charge in [-0.3, -0.25) is 0 Å². The summed E-state index contributed by atoms with van der Waals surface area (Å²) >= 11 is 0. The second-order valence-corrected chi connectivity index (χ2v) is 3.95. The number of aromatic nitrogens is 2. The fourth-order valence-corrected chi connectivity index (χ4v) is 1.79. The highest BCUT2D eigenvalue weighted by molar-refractivity contribution is 5.92. The molecule has 2 aromatic rings. The van der Waals surface area contributed by atoms with E-state index < -0.39 is 0 Å². The van der Waals surface area contributed by atoms with Crippen molar-refractivity contribution >= 4 is 16.6 Å². The summed E-state index contributed by atoms with van der Waals surface area (Å²) < 4.78 is 5.01. The van der Waals surface area contributed by atoms with Crippen LogP contribution in [0.3, 0.4) is 0 Å². The molecule has 0 bridgehead atoms. The molecule has 0 aliphatic rings. The van der Waals surface area contributed by atoms with Crippen LogP contribution in [0.4, 0.5) is 5.82 Å². The zero-order chi connectivity index (χ0) is 12.1. The maximum absolute atomic E-state index is 5.01. The standard InChI is InChI=1S/C13H17N3O/c1-10-11-6-3-4-7-12(11)13(16-15-10)14-8-5-9-17-2/h3-4,6-7H,5,8-9H2,1-2H3,(H,14,16). The molecule has 1 N–H and O–H groups in total. The van der Waals surface area contributed by atoms with Crippen molar-refractivity contribution in [2.24, 2.45) is 0 Å². The van der Waals surface area contributed by atoms with Crippen LogP contribution in [-0.2, 0) is 4.74 Å². The third kappa shape index (κ3) is 2.71. The van der Waals surface area contributed by atoms with Crippen molar-refractivity contribution in [1.82, 2.24) is 10.2 Å². The van der Waals surface area contributed by atoms with E-state index in [2.05, 4.69) is 27.6 Å². The predicted octanol–water partition coefficient (Wildman–Crippen LogP) is 2.39. The molecule has 0 saturated heterocycles. The zero-order valence-corrected chi connectivity index (χ0v) is 10.2. The molecule has 0 atom stereocenters. The molecule has 0 saturated carbocycles. The van der Waals surface area contributed by atoms with Gasteiger partial charge in [0.15, 0.2) is 5.82 Å². The number of nitrogens with one attached hydrogen (secondary N) is 1. The van der Waals surface area contributed by atoms with Gasteiger partial charge in [0.2, 0.25) is 0 Å². The number of fused-ring (bicyclic) bond motifs is 1. The van der Waals surface area contributed by atoms with Crippen LogP contribution in [0.15, 0.2) is 24.3 Å². The first-order valence-electron chi connectivity index (χ1n) is 5.78. The van der Waals surface area contributed by atoms with Crippen LogP contribution < -0.4 is 5.32 Å². The van der Waals surface area contributed by atoms with Crippen molar-refractivity contribution in [3.63, 3.8) is 0 Å². The summed E-state index contributed by atoms with van der Waals surface area (Å²) in [6.07, 6.45) is 0.959. The van der Waals surface area contributed by atoms with E-state index in [0.29, 0.717) is 0 Å². The highest BCUT2D eigenvalue weighted by atomic mass is 16.5. The van der Waals surface area contributed by atoms with E-state index in [1.807, 2.05) is 19.1 Å². The number of hydrogen-bond acceptors (Lipinski definition) is 4. The average molecular weight is 231 g/mol. The summed E-state index contributed by atoms with van der Waals surface area (Å²) in [5.74, 6) is 0.849. The minimum absolute atomic E-state index is 0.754. The largest absolute Gasteiger partial charge is 0.385 e. The highest BCUT2D eigenvalue weighted by Gasteiger charge is 2.04. The number of hydrogen-bond donors (Lipinski definition) is 1. The predicted molar refractivity (Wildman–Crippen MR) is 69.3 cm³/mol. The molecule has 0 aliphatic carbocycles. The lowest BCUT2D eigenvalue weighted by Gasteiger charge is -2.08. The second-order valence-electron chi connectivity index (χ2n) is 3.95. The Morgan fingerprint density at radius 1 is 1.18 bits per heavy atom. The topological polar surface area (TPSA) is 47.0 Å². The van der Waals surface area contributed by atoms with E-state index in [4.69, 9.17) is 4.74 Å². The Morgan fingerprint density at radius 2 is 1.94 bits per heavy atom. The lowest BCUT2D eigenvalue weighted by Crippen LogP contribution is -2.07. The number of rotatable bonds is 5. The molecule has 0 radical (unpaired) electrons. The van der Waals surface area contributed by atoms with Gasteiger partial charge in [-0.05, 0) is 13.3 Å². The van der Waals surface area contributed by atoms with Crippen LogP contribution in [0.1, 0.15) is 12.1 Å². The molecule has 90 valence electrons. The van der Waals surface area contributed by atoms with Gasteiger partial charge >= 0.3 is 0 Å². The molecule has 4 heteroatoms. The smallest absolute Gasteiger partial charge is 0.156 e. The number of ether oxygens (including phenoxy) is 1. The molecule has 1 aromatic carbocycles. The molecule has 2 rings (SSSR count). The van der Waals surface area contributed by atoms with E-state index in [-0.39, 0.29) is 0 Å². The van der Waals surface area contributed by atoms with Crippen molar-refractivity contribution < 1.29 is 4.74 Å². The Labute approximate surface area is 101 Å². The minimum Gasteiger partial charge on any atom is -0.385 e. The normalized spacial score (nSPS) is 10.7. The van der Waals surface area contributed by atoms with Crippen LogP contribution in [0.2, 0.25) is 0 Å². The Kier molecular flexibility index (Phi) is 3.88. The SMILES string of the molecule is COCCCNc1nnc(C)c2ccccc12. The number of aryl methyl sites for hydroxylation is 1. The van der Waals surface area contributed by atoms with Gasteiger partial charge < -0.3 is 10.1 Å². The lowest BCUT2D eigenvalue weighted by atomic mass is 10.1. The zero-order valence-electron chi connectivity index (χ0n) is 10.2. The Hall–Kier alpha value is -1.68. The Balaban J connectivity index is 2.20. The van der Waals surface area contributed by atoms with E-state index in [1.165, 1.54) is 0 Å². The average Bonchev–Trinajstić information content (AvgIpc) is 2.37. The minimum atomic E-state index is 0.754. The maximum Gasteiger partial charge on any atom is 0.156 e. The van der Waals surface area contributed by atoms with Gasteiger partial charge in [-0.2, -0.15) is 5.10 Å². The fraction of sp³-hybridized carbons (Fsp3) is 0.385. The first kappa shape index (κ1) is 11.8. The van der Waals surface area contributed by atoms with Crippen LogP contribution >= 0.6 is 0 Å². The van der Waals surface area contributed by atoms with Gasteiger partial charge in [-0.25, -0.2) is 0 Å². The van der Waals surface area contributed by atoms with Gasteiger partial charge in [0.25, 0.3) is 0 Å². The van der Waals surface area contributed by atoms with Gasteiger partial charge in [0.05, 0.1) is 5.69 Å². The van der Waals surface area contributed by atoms with Gasteiger partial charge in [0, 0.05) is 31.0 Å². The summed E-state index contributed by atoms with van der Waals surface area (Å²) in [5.41, 5.74) is 0.961. The van der Waals surface area contributed by atoms with E-state index in [0.717, 1.165) is 41.9 Å². The van der Waals surface area contributed by atoms with Gasteiger partial charge in [-0.15, -0.1) is 5.10 Å². The highest BCUT2D eigenvalue weighted by Crippen LogP contribution is 2.21. The van der Waals surface area contributed by atoms with E-state index in [9.17, 15) is 0 Å². The van der Waals surface area contributed by atoms with Gasteiger partial charge in [0.1, 0.15) is 0 Å². The van der Waals surface area contributed by atoms with E-state index >= 15 is 0 Å². The first-order valence-corrected chi connectivity index (χ1v) is 5.78. The van der Waals surface area contributed by atoms with Crippen LogP contribution in [-0.4, -0.2) is 30.5 Å². The van der Waals surface area contributed by atoms with Crippen molar-refractivity contribution in [2.75, 3.05) is 25.6 Å². The lowest BCUT2D eigenvalue weighted by molar-refractivity contribution is 0.198. The van der Waals surface area contributed by atoms with Crippen molar-refractivity contribution in [3.05, 3.63) is 30.0 Å². The molecular weight excluding hydrogens is 214 g/mol. The summed E-state index contributed by atoms with van der Waals surface area (Å²) in [7, 11) is 1.71. The molecule has 0 fully saturated rings. The van der Waals surface area contributed by atoms with Crippen molar-refractivity contribution in [2.45, 2.75) is 13.3 Å². The summed E-state index contributed by atoms with van der Waals surface area (Å²) in [6.45, 7) is 3.57. The molecule has 0 unspecified atom stereocenters. The molecule has 1 heterocycles. The number of methoxy groups -OCH3 is 1. The number of benzene rings is 1. The monoisotopic (exact) mass is 231 g/mol. The molecule has 0 aliphatic heterocycles. The molecule has 0 amide bonds. The third-order valence-electron chi connectivity index (χ3n) is 2.69. The number of nitrogens with zero attached hydrogens (tertiary/aromatic N) is 2. The van der Waals surface area contributed by atoms with Crippen LogP contribution in [0.5, 0.6) is 0 Å². The molecule has 4 nitrogen and oxygen atoms in total. The first-order chi connectivity index (χ1) is 8.33. The molecular formula is C13H17N3O. The van der Waals surface area contributed by atoms with Crippen LogP contribution in [0, 0.1) is 6.92 Å². The molecule has 17 heavy (non-hydrogen) atoms. The second kappa shape index (κ2) is 5.59. The summed E-state index contributed by atoms with van der Waals surface area (Å²) in [5, 5.41) is 13.9. The summed E-state index contributed by atoms with van der Waals surface area (Å²) in [4.78, 5) is 0. The Morgan fingerprint density at radius 3 is 2.71 bits per heavy atom. The van der Waals surface area contributed by atoms with E-state index in [1.54, 1.807) is 7.11 Å². The van der Waals surface area contributed by atoms with Crippen molar-refractivity contribution in [3.8, 4) is 0 Å². The summed E-state index contributed by atoms with van der Waals surface area (Å²) in [6, 6.07) is 8.17. The van der Waals surface area contributed by atoms with Gasteiger partial charge in [-0.1, -0.05) is 24.3 Å². The molecule has 1 aromatic heterocycles. The number of anilines is 1. The third-order valence-corrected chi connectivity index (χ3v) is 2.69.